The number of esters is 3. The first kappa shape index (κ1) is 58.1. The Hall–Kier alpha value is -1.85. The van der Waals surface area contributed by atoms with E-state index in [9.17, 15) is 14.4 Å². The van der Waals surface area contributed by atoms with E-state index in [0.717, 1.165) is 64.2 Å². The lowest BCUT2D eigenvalue weighted by molar-refractivity contribution is -0.167. The maximum Gasteiger partial charge on any atom is 0.306 e. The van der Waals surface area contributed by atoms with Gasteiger partial charge < -0.3 is 14.2 Å². The quantitative estimate of drug-likeness (QED) is 0.0263. The molecule has 6 heteroatoms. The second-order valence-corrected chi connectivity index (χ2v) is 18.2. The van der Waals surface area contributed by atoms with Crippen LogP contribution in [0.25, 0.3) is 0 Å². The molecule has 1 atom stereocenters. The lowest BCUT2D eigenvalue weighted by Gasteiger charge is -2.18. The standard InChI is InChI=1S/C54H102O6/c1-4-7-10-13-16-19-22-25-27-29-32-35-38-41-44-47-53(56)59-50-51(49-58-52(55)46-43-40-37-34-31-24-21-18-15-12-9-6-3)60-54(57)48-45-42-39-36-33-30-28-26-23-20-17-14-11-8-5-2/h18,21,51H,4-17,19-20,22-50H2,1-3H3/b21-18-. The van der Waals surface area contributed by atoms with Gasteiger partial charge in [-0.25, -0.2) is 0 Å². The maximum atomic E-state index is 12.8. The summed E-state index contributed by atoms with van der Waals surface area (Å²) in [5.41, 5.74) is 0. The summed E-state index contributed by atoms with van der Waals surface area (Å²) < 4.78 is 16.8. The highest BCUT2D eigenvalue weighted by Crippen LogP contribution is 2.17. The topological polar surface area (TPSA) is 78.9 Å². The van der Waals surface area contributed by atoms with Crippen molar-refractivity contribution in [3.8, 4) is 0 Å². The molecule has 0 saturated carbocycles. The Balaban J connectivity index is 4.32. The molecule has 0 aliphatic rings. The van der Waals surface area contributed by atoms with Crippen LogP contribution in [-0.4, -0.2) is 37.2 Å². The van der Waals surface area contributed by atoms with E-state index in [1.807, 2.05) is 0 Å². The second kappa shape index (κ2) is 49.8. The zero-order chi connectivity index (χ0) is 43.7. The van der Waals surface area contributed by atoms with Crippen LogP contribution in [0.2, 0.25) is 0 Å². The van der Waals surface area contributed by atoms with Crippen LogP contribution in [0.15, 0.2) is 12.2 Å². The van der Waals surface area contributed by atoms with E-state index in [-0.39, 0.29) is 31.1 Å². The predicted octanol–water partition coefficient (Wildman–Crippen LogP) is 17.4. The highest BCUT2D eigenvalue weighted by molar-refractivity contribution is 5.71. The Bertz CT molecular complexity index is 931. The monoisotopic (exact) mass is 847 g/mol. The summed E-state index contributed by atoms with van der Waals surface area (Å²) in [4.78, 5) is 38.0. The molecule has 0 heterocycles. The van der Waals surface area contributed by atoms with Crippen molar-refractivity contribution in [2.24, 2.45) is 0 Å². The molecule has 0 saturated heterocycles. The van der Waals surface area contributed by atoms with Crippen molar-refractivity contribution in [2.75, 3.05) is 13.2 Å². The maximum absolute atomic E-state index is 12.8. The van der Waals surface area contributed by atoms with Crippen molar-refractivity contribution in [3.63, 3.8) is 0 Å². The van der Waals surface area contributed by atoms with E-state index in [4.69, 9.17) is 14.2 Å². The summed E-state index contributed by atoms with van der Waals surface area (Å²) in [5.74, 6) is -0.857. The van der Waals surface area contributed by atoms with Crippen molar-refractivity contribution < 1.29 is 28.6 Å². The molecule has 0 aromatic rings. The molecule has 0 aliphatic carbocycles. The molecule has 0 spiro atoms. The van der Waals surface area contributed by atoms with Crippen LogP contribution in [0, 0.1) is 0 Å². The van der Waals surface area contributed by atoms with E-state index in [1.165, 1.54) is 193 Å². The molecule has 0 aliphatic heterocycles. The number of unbranched alkanes of at least 4 members (excludes halogenated alkanes) is 36. The average molecular weight is 847 g/mol. The zero-order valence-corrected chi connectivity index (χ0v) is 40.5. The summed E-state index contributed by atoms with van der Waals surface area (Å²) in [5, 5.41) is 0. The predicted molar refractivity (Wildman–Crippen MR) is 256 cm³/mol. The van der Waals surface area contributed by atoms with Crippen LogP contribution >= 0.6 is 0 Å². The Kier molecular flexibility index (Phi) is 48.3. The lowest BCUT2D eigenvalue weighted by atomic mass is 10.0. The molecule has 0 radical (unpaired) electrons. The molecule has 0 N–H and O–H groups in total. The minimum absolute atomic E-state index is 0.0670. The van der Waals surface area contributed by atoms with Crippen molar-refractivity contribution in [1.82, 2.24) is 0 Å². The third-order valence-corrected chi connectivity index (χ3v) is 12.0. The molecule has 0 bridgehead atoms. The normalized spacial score (nSPS) is 12.0. The Morgan fingerprint density at radius 1 is 0.317 bits per heavy atom. The smallest absolute Gasteiger partial charge is 0.306 e. The first-order chi connectivity index (χ1) is 29.5. The van der Waals surface area contributed by atoms with Gasteiger partial charge in [0.05, 0.1) is 0 Å². The first-order valence-electron chi connectivity index (χ1n) is 26.7. The van der Waals surface area contributed by atoms with Gasteiger partial charge in [0.2, 0.25) is 0 Å². The molecule has 1 unspecified atom stereocenters. The third-order valence-electron chi connectivity index (χ3n) is 12.0. The van der Waals surface area contributed by atoms with Gasteiger partial charge in [-0.05, 0) is 44.9 Å². The van der Waals surface area contributed by atoms with Crippen molar-refractivity contribution >= 4 is 17.9 Å². The number of rotatable bonds is 49. The van der Waals surface area contributed by atoms with E-state index in [2.05, 4.69) is 32.9 Å². The van der Waals surface area contributed by atoms with Crippen molar-refractivity contribution in [1.29, 1.82) is 0 Å². The van der Waals surface area contributed by atoms with Gasteiger partial charge in [-0.15, -0.1) is 0 Å². The minimum Gasteiger partial charge on any atom is -0.462 e. The molecular weight excluding hydrogens is 745 g/mol. The number of hydrogen-bond acceptors (Lipinski definition) is 6. The fraction of sp³-hybridized carbons (Fsp3) is 0.907. The van der Waals surface area contributed by atoms with Gasteiger partial charge in [0.25, 0.3) is 0 Å². The number of allylic oxidation sites excluding steroid dienone is 2. The molecule has 0 amide bonds. The first-order valence-corrected chi connectivity index (χ1v) is 26.7. The van der Waals surface area contributed by atoms with Crippen LogP contribution in [-0.2, 0) is 28.6 Å². The van der Waals surface area contributed by atoms with Crippen LogP contribution < -0.4 is 0 Å². The third kappa shape index (κ3) is 47.2. The van der Waals surface area contributed by atoms with E-state index in [1.54, 1.807) is 0 Å². The SMILES string of the molecule is CCCCC/C=C\CCCCCCCC(=O)OCC(COC(=O)CCCCCCCCCCCCCCCCC)OC(=O)CCCCCCCCCCCCCCCCC. The molecule has 354 valence electrons. The molecule has 0 aromatic heterocycles. The highest BCUT2D eigenvalue weighted by Gasteiger charge is 2.19. The van der Waals surface area contributed by atoms with Crippen LogP contribution in [0.4, 0.5) is 0 Å². The van der Waals surface area contributed by atoms with Crippen LogP contribution in [0.3, 0.4) is 0 Å². The van der Waals surface area contributed by atoms with Gasteiger partial charge in [0.1, 0.15) is 13.2 Å². The van der Waals surface area contributed by atoms with Crippen LogP contribution in [0.1, 0.15) is 297 Å². The molecule has 6 nitrogen and oxygen atoms in total. The highest BCUT2D eigenvalue weighted by atomic mass is 16.6. The Labute approximate surface area is 373 Å². The van der Waals surface area contributed by atoms with Crippen molar-refractivity contribution in [3.05, 3.63) is 12.2 Å². The summed E-state index contributed by atoms with van der Waals surface area (Å²) in [6.07, 6.45) is 54.8. The minimum atomic E-state index is -0.766. The zero-order valence-electron chi connectivity index (χ0n) is 40.5. The number of ether oxygens (including phenoxy) is 3. The fourth-order valence-electron chi connectivity index (χ4n) is 7.97. The number of hydrogen-bond donors (Lipinski definition) is 0. The van der Waals surface area contributed by atoms with Gasteiger partial charge in [0.15, 0.2) is 6.10 Å². The van der Waals surface area contributed by atoms with E-state index in [0.29, 0.717) is 19.3 Å². The molecule has 0 rings (SSSR count). The number of carbonyl (C=O) groups is 3. The summed E-state index contributed by atoms with van der Waals surface area (Å²) >= 11 is 0. The molecule has 60 heavy (non-hydrogen) atoms. The molecule has 0 fully saturated rings. The lowest BCUT2D eigenvalue weighted by Crippen LogP contribution is -2.30. The van der Waals surface area contributed by atoms with Gasteiger partial charge in [-0.3, -0.25) is 14.4 Å². The number of carbonyl (C=O) groups excluding carboxylic acids is 3. The van der Waals surface area contributed by atoms with Gasteiger partial charge >= 0.3 is 17.9 Å². The van der Waals surface area contributed by atoms with Crippen LogP contribution in [0.5, 0.6) is 0 Å². The summed E-state index contributed by atoms with van der Waals surface area (Å²) in [7, 11) is 0. The van der Waals surface area contributed by atoms with Gasteiger partial charge in [-0.1, -0.05) is 245 Å². The second-order valence-electron chi connectivity index (χ2n) is 18.2. The van der Waals surface area contributed by atoms with Gasteiger partial charge in [0, 0.05) is 19.3 Å². The molecular formula is C54H102O6. The summed E-state index contributed by atoms with van der Waals surface area (Å²) in [6.45, 7) is 6.65. The van der Waals surface area contributed by atoms with Gasteiger partial charge in [-0.2, -0.15) is 0 Å². The molecule has 0 aromatic carbocycles. The Morgan fingerprint density at radius 2 is 0.550 bits per heavy atom. The fourth-order valence-corrected chi connectivity index (χ4v) is 7.97. The van der Waals surface area contributed by atoms with E-state index >= 15 is 0 Å². The van der Waals surface area contributed by atoms with E-state index < -0.39 is 6.10 Å². The average Bonchev–Trinajstić information content (AvgIpc) is 3.24. The summed E-state index contributed by atoms with van der Waals surface area (Å²) in [6, 6.07) is 0. The van der Waals surface area contributed by atoms with Crippen molar-refractivity contribution in [2.45, 2.75) is 303 Å². The largest absolute Gasteiger partial charge is 0.462 e. The Morgan fingerprint density at radius 3 is 0.867 bits per heavy atom.